The maximum Gasteiger partial charge on any atom is 0.330 e. The highest BCUT2D eigenvalue weighted by Crippen LogP contribution is 2.50. The van der Waals surface area contributed by atoms with E-state index in [2.05, 4.69) is 75.0 Å². The van der Waals surface area contributed by atoms with Crippen molar-refractivity contribution in [3.8, 4) is 0 Å². The van der Waals surface area contributed by atoms with Gasteiger partial charge < -0.3 is 14.6 Å². The molecule has 168 valence electrons. The molecule has 0 aromatic rings. The second-order valence-electron chi connectivity index (χ2n) is 10.5. The number of aliphatic hydroxyl groups is 1. The van der Waals surface area contributed by atoms with E-state index in [1.807, 2.05) is 6.92 Å². The van der Waals surface area contributed by atoms with Crippen LogP contribution in [0.1, 0.15) is 82.1 Å². The van der Waals surface area contributed by atoms with Crippen LogP contribution >= 0.6 is 0 Å². The molecule has 0 rings (SSSR count). The van der Waals surface area contributed by atoms with E-state index in [0.717, 1.165) is 30.2 Å². The summed E-state index contributed by atoms with van der Waals surface area (Å²) in [5, 5.41) is 9.95. The summed E-state index contributed by atoms with van der Waals surface area (Å²) in [6, 6.07) is 0. The molecule has 0 aromatic heterocycles. The predicted molar refractivity (Wildman–Crippen MR) is 121 cm³/mol. The minimum Gasteiger partial charge on any atom is -0.495 e. The van der Waals surface area contributed by atoms with Gasteiger partial charge in [0.05, 0.1) is 5.76 Å². The number of carbonyl (C=O) groups excluding carboxylic acids is 1. The van der Waals surface area contributed by atoms with Gasteiger partial charge in [-0.1, -0.05) is 61.1 Å². The number of carbonyl (C=O) groups is 1. The largest absolute Gasteiger partial charge is 0.495 e. The van der Waals surface area contributed by atoms with E-state index >= 15 is 0 Å². The van der Waals surface area contributed by atoms with Crippen molar-refractivity contribution >= 4 is 5.97 Å². The first-order valence-electron chi connectivity index (χ1n) is 10.5. The highest BCUT2D eigenvalue weighted by molar-refractivity contribution is 5.81. The molecule has 1 atom stereocenters. The van der Waals surface area contributed by atoms with Crippen LogP contribution in [0.5, 0.6) is 0 Å². The summed E-state index contributed by atoms with van der Waals surface area (Å²) >= 11 is 0. The van der Waals surface area contributed by atoms with Crippen molar-refractivity contribution in [2.75, 3.05) is 13.2 Å². The molecule has 0 amide bonds. The van der Waals surface area contributed by atoms with E-state index in [0.29, 0.717) is 0 Å². The molecule has 0 fully saturated rings. The van der Waals surface area contributed by atoms with Gasteiger partial charge in [0, 0.05) is 6.08 Å². The first kappa shape index (κ1) is 27.5. The lowest BCUT2D eigenvalue weighted by atomic mass is 9.59. The molecular weight excluding hydrogens is 364 g/mol. The van der Waals surface area contributed by atoms with E-state index in [4.69, 9.17) is 9.47 Å². The first-order valence-corrected chi connectivity index (χ1v) is 10.5. The summed E-state index contributed by atoms with van der Waals surface area (Å²) in [4.78, 5) is 11.1. The van der Waals surface area contributed by atoms with E-state index in [9.17, 15) is 9.90 Å². The molecule has 1 unspecified atom stereocenters. The van der Waals surface area contributed by atoms with Crippen LogP contribution in [-0.4, -0.2) is 30.4 Å². The quantitative estimate of drug-likeness (QED) is 0.191. The van der Waals surface area contributed by atoms with Crippen LogP contribution in [0.4, 0.5) is 0 Å². The zero-order chi connectivity index (χ0) is 23.0. The summed E-state index contributed by atoms with van der Waals surface area (Å²) in [6.45, 7) is 25.6. The number of ether oxygens (including phenoxy) is 2. The minimum absolute atomic E-state index is 0.0729. The number of hydrogen-bond donors (Lipinski definition) is 1. The number of allylic oxidation sites excluding steroid dienone is 4. The molecule has 0 aliphatic heterocycles. The van der Waals surface area contributed by atoms with Gasteiger partial charge in [-0.05, 0) is 61.0 Å². The molecule has 0 bridgehead atoms. The Hall–Kier alpha value is -1.55. The highest BCUT2D eigenvalue weighted by Gasteiger charge is 2.40. The fourth-order valence-corrected chi connectivity index (χ4v) is 3.57. The lowest BCUT2D eigenvalue weighted by molar-refractivity contribution is -0.141. The van der Waals surface area contributed by atoms with Crippen LogP contribution in [0.15, 0.2) is 35.6 Å². The summed E-state index contributed by atoms with van der Waals surface area (Å²) in [7, 11) is 0. The normalized spacial score (nSPS) is 15.5. The molecule has 4 heteroatoms. The van der Waals surface area contributed by atoms with Gasteiger partial charge in [0.15, 0.2) is 0 Å². The Bertz CT molecular complexity index is 615. The van der Waals surface area contributed by atoms with Gasteiger partial charge >= 0.3 is 5.97 Å². The minimum atomic E-state index is -0.877. The topological polar surface area (TPSA) is 55.8 Å². The van der Waals surface area contributed by atoms with Crippen LogP contribution in [0.25, 0.3) is 0 Å². The van der Waals surface area contributed by atoms with Crippen molar-refractivity contribution < 1.29 is 19.4 Å². The van der Waals surface area contributed by atoms with Crippen LogP contribution < -0.4 is 0 Å². The van der Waals surface area contributed by atoms with Gasteiger partial charge in [-0.3, -0.25) is 0 Å². The summed E-state index contributed by atoms with van der Waals surface area (Å²) in [6.07, 6.45) is 4.43. The number of esters is 1. The van der Waals surface area contributed by atoms with Crippen LogP contribution in [-0.2, 0) is 14.3 Å². The van der Waals surface area contributed by atoms with Crippen molar-refractivity contribution in [3.63, 3.8) is 0 Å². The first-order chi connectivity index (χ1) is 13.1. The number of rotatable bonds is 11. The Kier molecular flexibility index (Phi) is 10.4. The fourth-order valence-electron chi connectivity index (χ4n) is 3.57. The van der Waals surface area contributed by atoms with E-state index in [1.54, 1.807) is 0 Å². The zero-order valence-corrected chi connectivity index (χ0v) is 20.4. The molecule has 0 heterocycles. The number of hydrogen-bond acceptors (Lipinski definition) is 4. The lowest BCUT2D eigenvalue weighted by Gasteiger charge is -2.46. The average Bonchev–Trinajstić information content (AvgIpc) is 2.59. The van der Waals surface area contributed by atoms with Crippen LogP contribution in [0, 0.1) is 16.2 Å². The maximum atomic E-state index is 11.1. The lowest BCUT2D eigenvalue weighted by Crippen LogP contribution is -2.36. The second kappa shape index (κ2) is 11.0. The van der Waals surface area contributed by atoms with Crippen LogP contribution in [0.2, 0.25) is 0 Å². The van der Waals surface area contributed by atoms with Crippen molar-refractivity contribution in [1.29, 1.82) is 0 Å². The standard InChI is InChI=1S/C25H44O4/c1-12-20(14-24(8,9)25(10,11)17-23(5,6)7)18(3)19(4)28-15-21(26)16-29-22(27)13-2/h12-13,21,26H,2,14-17H2,1,3-11H3. The third-order valence-corrected chi connectivity index (χ3v) is 5.87. The molecule has 29 heavy (non-hydrogen) atoms. The Balaban J connectivity index is 5.15. The smallest absolute Gasteiger partial charge is 0.330 e. The highest BCUT2D eigenvalue weighted by atomic mass is 16.5. The predicted octanol–water partition coefficient (Wildman–Crippen LogP) is 6.21. The molecule has 0 radical (unpaired) electrons. The monoisotopic (exact) mass is 408 g/mol. The molecule has 1 N–H and O–H groups in total. The third kappa shape index (κ3) is 9.66. The molecule has 0 saturated carbocycles. The Morgan fingerprint density at radius 3 is 1.97 bits per heavy atom. The van der Waals surface area contributed by atoms with Crippen molar-refractivity contribution in [2.24, 2.45) is 16.2 Å². The zero-order valence-electron chi connectivity index (χ0n) is 20.4. The van der Waals surface area contributed by atoms with Gasteiger partial charge in [0.2, 0.25) is 0 Å². The summed E-state index contributed by atoms with van der Waals surface area (Å²) in [5.74, 6) is 0.223. The van der Waals surface area contributed by atoms with Gasteiger partial charge in [0.25, 0.3) is 0 Å². The molecule has 0 spiro atoms. The second-order valence-corrected chi connectivity index (χ2v) is 10.5. The van der Waals surface area contributed by atoms with Gasteiger partial charge in [-0.15, -0.1) is 0 Å². The van der Waals surface area contributed by atoms with E-state index in [-0.39, 0.29) is 29.5 Å². The summed E-state index contributed by atoms with van der Waals surface area (Å²) < 4.78 is 10.6. The Morgan fingerprint density at radius 1 is 1.00 bits per heavy atom. The van der Waals surface area contributed by atoms with Gasteiger partial charge in [0.1, 0.15) is 19.3 Å². The van der Waals surface area contributed by atoms with E-state index in [1.165, 1.54) is 5.57 Å². The van der Waals surface area contributed by atoms with E-state index < -0.39 is 12.1 Å². The molecule has 0 aromatic carbocycles. The fraction of sp³-hybridized carbons (Fsp3) is 0.720. The number of aliphatic hydroxyl groups excluding tert-OH is 1. The van der Waals surface area contributed by atoms with Crippen molar-refractivity contribution in [3.05, 3.63) is 35.6 Å². The summed E-state index contributed by atoms with van der Waals surface area (Å²) in [5.41, 5.74) is 2.87. The average molecular weight is 409 g/mol. The van der Waals surface area contributed by atoms with Crippen LogP contribution in [0.3, 0.4) is 0 Å². The molecule has 0 aliphatic rings. The van der Waals surface area contributed by atoms with Crippen molar-refractivity contribution in [1.82, 2.24) is 0 Å². The Labute approximate surface area is 179 Å². The van der Waals surface area contributed by atoms with Crippen molar-refractivity contribution in [2.45, 2.75) is 88.2 Å². The Morgan fingerprint density at radius 2 is 1.52 bits per heavy atom. The SMILES string of the molecule is C=CC(=O)OCC(O)COC(C)=C(C)C(=CC)CC(C)(C)C(C)(C)CC(C)(C)C. The van der Waals surface area contributed by atoms with Gasteiger partial charge in [-0.2, -0.15) is 0 Å². The molecular formula is C25H44O4. The third-order valence-electron chi connectivity index (χ3n) is 5.87. The molecule has 0 aliphatic carbocycles. The molecule has 0 saturated heterocycles. The van der Waals surface area contributed by atoms with Gasteiger partial charge in [-0.25, -0.2) is 4.79 Å². The maximum absolute atomic E-state index is 11.1. The molecule has 4 nitrogen and oxygen atoms in total.